The van der Waals surface area contributed by atoms with Crippen LogP contribution in [0.3, 0.4) is 0 Å². The van der Waals surface area contributed by atoms with E-state index >= 15 is 0 Å². The van der Waals surface area contributed by atoms with E-state index in [1.54, 1.807) is 0 Å². The molecular formula is C13H15BrCl2. The normalized spacial score (nSPS) is 18.9. The van der Waals surface area contributed by atoms with Crippen LogP contribution in [-0.4, -0.2) is 5.33 Å². The third-order valence-corrected chi connectivity index (χ3v) is 5.46. The molecule has 0 saturated heterocycles. The Bertz CT molecular complexity index is 350. The first kappa shape index (κ1) is 12.7. The van der Waals surface area contributed by atoms with Crippen molar-refractivity contribution >= 4 is 39.1 Å². The lowest BCUT2D eigenvalue weighted by atomic mass is 9.82. The van der Waals surface area contributed by atoms with Gasteiger partial charge in [-0.25, -0.2) is 0 Å². The summed E-state index contributed by atoms with van der Waals surface area (Å²) >= 11 is 16.1. The predicted molar refractivity (Wildman–Crippen MR) is 74.9 cm³/mol. The molecule has 0 atom stereocenters. The van der Waals surface area contributed by atoms with Crippen molar-refractivity contribution < 1.29 is 0 Å². The van der Waals surface area contributed by atoms with Crippen LogP contribution in [0.5, 0.6) is 0 Å². The van der Waals surface area contributed by atoms with Crippen LogP contribution in [-0.2, 0) is 6.42 Å². The molecule has 0 spiro atoms. The van der Waals surface area contributed by atoms with Crippen LogP contribution in [0.2, 0.25) is 10.0 Å². The Labute approximate surface area is 115 Å². The van der Waals surface area contributed by atoms with Crippen LogP contribution in [0.4, 0.5) is 0 Å². The van der Waals surface area contributed by atoms with Crippen molar-refractivity contribution in [1.29, 1.82) is 0 Å². The minimum absolute atomic E-state index is 0.370. The number of hydrogen-bond acceptors (Lipinski definition) is 0. The van der Waals surface area contributed by atoms with E-state index in [0.29, 0.717) is 5.41 Å². The monoisotopic (exact) mass is 320 g/mol. The highest BCUT2D eigenvalue weighted by molar-refractivity contribution is 9.09. The van der Waals surface area contributed by atoms with Gasteiger partial charge in [0.1, 0.15) is 0 Å². The Morgan fingerprint density at radius 2 is 1.69 bits per heavy atom. The summed E-state index contributed by atoms with van der Waals surface area (Å²) in [5.41, 5.74) is 1.49. The molecule has 2 rings (SSSR count). The highest BCUT2D eigenvalue weighted by Crippen LogP contribution is 2.44. The molecule has 0 aromatic heterocycles. The standard InChI is InChI=1S/C13H15BrCl2/c14-9-13(6-1-2-7-13)8-10-11(15)4-3-5-12(10)16/h3-5H,1-2,6-9H2. The highest BCUT2D eigenvalue weighted by atomic mass is 79.9. The third-order valence-electron chi connectivity index (χ3n) is 3.56. The van der Waals surface area contributed by atoms with E-state index in [9.17, 15) is 0 Å². The van der Waals surface area contributed by atoms with Gasteiger partial charge in [-0.15, -0.1) is 0 Å². The maximum atomic E-state index is 6.23. The van der Waals surface area contributed by atoms with Crippen LogP contribution < -0.4 is 0 Å². The number of alkyl halides is 1. The van der Waals surface area contributed by atoms with Gasteiger partial charge in [-0.2, -0.15) is 0 Å². The number of rotatable bonds is 3. The van der Waals surface area contributed by atoms with Crippen LogP contribution in [0.15, 0.2) is 18.2 Å². The van der Waals surface area contributed by atoms with E-state index in [4.69, 9.17) is 23.2 Å². The zero-order chi connectivity index (χ0) is 11.6. The second kappa shape index (κ2) is 5.29. The van der Waals surface area contributed by atoms with Gasteiger partial charge in [0.2, 0.25) is 0 Å². The fourth-order valence-electron chi connectivity index (χ4n) is 2.56. The van der Waals surface area contributed by atoms with Crippen molar-refractivity contribution in [3.8, 4) is 0 Å². The quantitative estimate of drug-likeness (QED) is 0.646. The van der Waals surface area contributed by atoms with Crippen LogP contribution in [0.1, 0.15) is 31.2 Å². The second-order valence-corrected chi connectivity index (χ2v) is 6.09. The first-order valence-electron chi connectivity index (χ1n) is 5.66. The SMILES string of the molecule is Clc1cccc(Cl)c1CC1(CBr)CCCC1. The molecule has 0 unspecified atom stereocenters. The average molecular weight is 322 g/mol. The fourth-order valence-corrected chi connectivity index (χ4v) is 3.85. The lowest BCUT2D eigenvalue weighted by molar-refractivity contribution is 0.347. The largest absolute Gasteiger partial charge is 0.0922 e. The zero-order valence-corrected chi connectivity index (χ0v) is 12.2. The van der Waals surface area contributed by atoms with Gasteiger partial charge in [0, 0.05) is 15.4 Å². The van der Waals surface area contributed by atoms with E-state index in [1.807, 2.05) is 18.2 Å². The van der Waals surface area contributed by atoms with Crippen LogP contribution in [0, 0.1) is 5.41 Å². The summed E-state index contributed by atoms with van der Waals surface area (Å²) in [7, 11) is 0. The minimum atomic E-state index is 0.370. The molecule has 0 radical (unpaired) electrons. The molecule has 0 N–H and O–H groups in total. The first-order chi connectivity index (χ1) is 7.67. The van der Waals surface area contributed by atoms with E-state index in [1.165, 1.54) is 25.7 Å². The Kier molecular flexibility index (Phi) is 4.21. The Hall–Kier alpha value is 0.280. The van der Waals surface area contributed by atoms with Gasteiger partial charge in [-0.1, -0.05) is 58.0 Å². The maximum Gasteiger partial charge on any atom is 0.0453 e. The summed E-state index contributed by atoms with van der Waals surface area (Å²) in [6.45, 7) is 0. The summed E-state index contributed by atoms with van der Waals surface area (Å²) in [4.78, 5) is 0. The Morgan fingerprint density at radius 3 is 2.19 bits per heavy atom. The summed E-state index contributed by atoms with van der Waals surface area (Å²) in [6, 6.07) is 5.77. The predicted octanol–water partition coefficient (Wildman–Crippen LogP) is 5.49. The average Bonchev–Trinajstić information content (AvgIpc) is 2.73. The molecule has 0 heterocycles. The molecule has 1 saturated carbocycles. The molecule has 1 aromatic rings. The van der Waals surface area contributed by atoms with Crippen LogP contribution in [0.25, 0.3) is 0 Å². The van der Waals surface area contributed by atoms with Crippen molar-refractivity contribution in [2.24, 2.45) is 5.41 Å². The fraction of sp³-hybridized carbons (Fsp3) is 0.538. The van der Waals surface area contributed by atoms with Gasteiger partial charge >= 0.3 is 0 Å². The molecule has 1 aliphatic rings. The van der Waals surface area contributed by atoms with Gasteiger partial charge in [-0.3, -0.25) is 0 Å². The third kappa shape index (κ3) is 2.57. The van der Waals surface area contributed by atoms with E-state index < -0.39 is 0 Å². The molecule has 1 aromatic carbocycles. The molecule has 3 heteroatoms. The summed E-state index contributed by atoms with van der Waals surface area (Å²) in [5, 5.41) is 2.65. The van der Waals surface area contributed by atoms with E-state index in [0.717, 1.165) is 27.4 Å². The summed E-state index contributed by atoms with van der Waals surface area (Å²) < 4.78 is 0. The van der Waals surface area contributed by atoms with Gasteiger partial charge in [0.15, 0.2) is 0 Å². The summed E-state index contributed by atoms with van der Waals surface area (Å²) in [5.74, 6) is 0. The lowest BCUT2D eigenvalue weighted by Gasteiger charge is -2.27. The van der Waals surface area contributed by atoms with Crippen molar-refractivity contribution in [2.75, 3.05) is 5.33 Å². The Morgan fingerprint density at radius 1 is 1.12 bits per heavy atom. The molecule has 16 heavy (non-hydrogen) atoms. The molecule has 88 valence electrons. The highest BCUT2D eigenvalue weighted by Gasteiger charge is 2.33. The molecular weight excluding hydrogens is 307 g/mol. The van der Waals surface area contributed by atoms with Crippen molar-refractivity contribution in [1.82, 2.24) is 0 Å². The molecule has 0 bridgehead atoms. The second-order valence-electron chi connectivity index (χ2n) is 4.72. The van der Waals surface area contributed by atoms with Crippen molar-refractivity contribution in [3.63, 3.8) is 0 Å². The number of benzene rings is 1. The maximum absolute atomic E-state index is 6.23. The number of hydrogen-bond donors (Lipinski definition) is 0. The van der Waals surface area contributed by atoms with Gasteiger partial charge in [0.25, 0.3) is 0 Å². The van der Waals surface area contributed by atoms with Crippen LogP contribution >= 0.6 is 39.1 Å². The Balaban J connectivity index is 2.25. The van der Waals surface area contributed by atoms with Gasteiger partial charge in [0.05, 0.1) is 0 Å². The lowest BCUT2D eigenvalue weighted by Crippen LogP contribution is -2.21. The van der Waals surface area contributed by atoms with E-state index in [-0.39, 0.29) is 0 Å². The zero-order valence-electron chi connectivity index (χ0n) is 9.11. The molecule has 1 fully saturated rings. The molecule has 0 nitrogen and oxygen atoms in total. The first-order valence-corrected chi connectivity index (χ1v) is 7.53. The van der Waals surface area contributed by atoms with Crippen molar-refractivity contribution in [3.05, 3.63) is 33.8 Å². The van der Waals surface area contributed by atoms with Gasteiger partial charge < -0.3 is 0 Å². The van der Waals surface area contributed by atoms with Gasteiger partial charge in [-0.05, 0) is 42.4 Å². The molecule has 0 aliphatic heterocycles. The topological polar surface area (TPSA) is 0 Å². The smallest absolute Gasteiger partial charge is 0.0453 e. The molecule has 1 aliphatic carbocycles. The summed E-state index contributed by atoms with van der Waals surface area (Å²) in [6.07, 6.45) is 6.21. The van der Waals surface area contributed by atoms with E-state index in [2.05, 4.69) is 15.9 Å². The minimum Gasteiger partial charge on any atom is -0.0922 e. The molecule has 0 amide bonds. The number of halogens is 3. The van der Waals surface area contributed by atoms with Crippen molar-refractivity contribution in [2.45, 2.75) is 32.1 Å².